The van der Waals surface area contributed by atoms with E-state index in [-0.39, 0.29) is 5.75 Å². The zero-order valence-electron chi connectivity index (χ0n) is 12.8. The number of fused-ring (bicyclic) bond motifs is 1. The van der Waals surface area contributed by atoms with E-state index in [9.17, 15) is 9.59 Å². The molecule has 0 fully saturated rings. The molecule has 0 saturated heterocycles. The molecule has 0 aliphatic carbocycles. The summed E-state index contributed by atoms with van der Waals surface area (Å²) in [5.41, 5.74) is 1.78. The van der Waals surface area contributed by atoms with E-state index in [1.54, 1.807) is 37.4 Å². The predicted octanol–water partition coefficient (Wildman–Crippen LogP) is 2.89. The van der Waals surface area contributed by atoms with Gasteiger partial charge in [0, 0.05) is 5.56 Å². The summed E-state index contributed by atoms with van der Waals surface area (Å²) < 4.78 is 10.5. The first-order valence-electron chi connectivity index (χ1n) is 7.12. The maximum atomic E-state index is 12.0. The number of aromatic nitrogens is 1. The number of methoxy groups -OCH3 is 1. The molecule has 7 heteroatoms. The molecule has 0 aliphatic heterocycles. The van der Waals surface area contributed by atoms with E-state index < -0.39 is 11.8 Å². The van der Waals surface area contributed by atoms with Gasteiger partial charge in [-0.2, -0.15) is 0 Å². The predicted molar refractivity (Wildman–Crippen MR) is 90.2 cm³/mol. The first-order valence-corrected chi connectivity index (χ1v) is 8.11. The topological polar surface area (TPSA) is 81.4 Å². The Hall–Kier alpha value is -2.80. The van der Waals surface area contributed by atoms with Crippen LogP contribution in [0.1, 0.15) is 10.4 Å². The number of hydrogen-bond acceptors (Lipinski definition) is 6. The van der Waals surface area contributed by atoms with E-state index in [0.717, 1.165) is 17.3 Å². The Balaban J connectivity index is 1.55. The van der Waals surface area contributed by atoms with Gasteiger partial charge >= 0.3 is 0 Å². The van der Waals surface area contributed by atoms with Gasteiger partial charge in [-0.1, -0.05) is 23.9 Å². The Morgan fingerprint density at radius 3 is 2.62 bits per heavy atom. The van der Waals surface area contributed by atoms with Crippen LogP contribution in [0, 0.1) is 0 Å². The number of amides is 2. The second kappa shape index (κ2) is 7.18. The summed E-state index contributed by atoms with van der Waals surface area (Å²) in [6.07, 6.45) is 0. The van der Waals surface area contributed by atoms with Crippen molar-refractivity contribution >= 4 is 34.7 Å². The average Bonchev–Trinajstić information content (AvgIpc) is 3.03. The molecule has 6 nitrogen and oxygen atoms in total. The standard InChI is InChI=1S/C17H14N2O4S/c1-22-12-8-6-11(7-9-12)16(21)19-15(20)10-24-17-18-13-4-2-3-5-14(13)23-17/h2-9H,10H2,1H3,(H,19,20,21). The van der Waals surface area contributed by atoms with Crippen molar-refractivity contribution in [3.8, 4) is 5.75 Å². The number of thioether (sulfide) groups is 1. The highest BCUT2D eigenvalue weighted by Crippen LogP contribution is 2.22. The van der Waals surface area contributed by atoms with E-state index in [2.05, 4.69) is 10.3 Å². The number of carbonyl (C=O) groups excluding carboxylic acids is 2. The molecule has 2 aromatic carbocycles. The minimum atomic E-state index is -0.458. The van der Waals surface area contributed by atoms with Gasteiger partial charge in [0.25, 0.3) is 11.1 Å². The molecular weight excluding hydrogens is 328 g/mol. The van der Waals surface area contributed by atoms with Crippen LogP contribution in [0.25, 0.3) is 11.1 Å². The fourth-order valence-electron chi connectivity index (χ4n) is 2.02. The van der Waals surface area contributed by atoms with Gasteiger partial charge in [0.05, 0.1) is 12.9 Å². The largest absolute Gasteiger partial charge is 0.497 e. The van der Waals surface area contributed by atoms with Gasteiger partial charge < -0.3 is 9.15 Å². The third kappa shape index (κ3) is 3.75. The van der Waals surface area contributed by atoms with E-state index in [1.807, 2.05) is 18.2 Å². The number of rotatable bonds is 5. The lowest BCUT2D eigenvalue weighted by molar-refractivity contribution is -0.117. The number of benzene rings is 2. The van der Waals surface area contributed by atoms with Gasteiger partial charge in [-0.15, -0.1) is 0 Å². The van der Waals surface area contributed by atoms with E-state index >= 15 is 0 Å². The molecule has 2 amide bonds. The van der Waals surface area contributed by atoms with Crippen molar-refractivity contribution in [2.24, 2.45) is 0 Å². The SMILES string of the molecule is COc1ccc(C(=O)NC(=O)CSc2nc3ccccc3o2)cc1. The van der Waals surface area contributed by atoms with Gasteiger partial charge in [-0.3, -0.25) is 14.9 Å². The number of hydrogen-bond donors (Lipinski definition) is 1. The minimum Gasteiger partial charge on any atom is -0.497 e. The molecule has 3 aromatic rings. The summed E-state index contributed by atoms with van der Waals surface area (Å²) in [5.74, 6) is -0.192. The van der Waals surface area contributed by atoms with Gasteiger partial charge in [-0.05, 0) is 36.4 Å². The lowest BCUT2D eigenvalue weighted by atomic mass is 10.2. The summed E-state index contributed by atoms with van der Waals surface area (Å²) >= 11 is 1.14. The first-order chi connectivity index (χ1) is 11.7. The molecular formula is C17H14N2O4S. The second-order valence-electron chi connectivity index (χ2n) is 4.84. The second-order valence-corrected chi connectivity index (χ2v) is 5.77. The highest BCUT2D eigenvalue weighted by atomic mass is 32.2. The Morgan fingerprint density at radius 2 is 1.92 bits per heavy atom. The van der Waals surface area contributed by atoms with Crippen molar-refractivity contribution in [2.45, 2.75) is 5.22 Å². The van der Waals surface area contributed by atoms with E-state index in [1.165, 1.54) is 0 Å². The van der Waals surface area contributed by atoms with Crippen LogP contribution < -0.4 is 10.1 Å². The Labute approximate surface area is 142 Å². The highest BCUT2D eigenvalue weighted by molar-refractivity contribution is 7.99. The molecule has 0 aliphatic rings. The van der Waals surface area contributed by atoms with Crippen molar-refractivity contribution in [1.29, 1.82) is 0 Å². The van der Waals surface area contributed by atoms with Crippen molar-refractivity contribution in [1.82, 2.24) is 10.3 Å². The summed E-state index contributed by atoms with van der Waals surface area (Å²) in [6.45, 7) is 0. The molecule has 0 radical (unpaired) electrons. The fraction of sp³-hybridized carbons (Fsp3) is 0.118. The maximum Gasteiger partial charge on any atom is 0.257 e. The Kier molecular flexibility index (Phi) is 4.81. The quantitative estimate of drug-likeness (QED) is 0.718. The van der Waals surface area contributed by atoms with Crippen LogP contribution in [-0.4, -0.2) is 29.7 Å². The summed E-state index contributed by atoms with van der Waals surface area (Å²) in [6, 6.07) is 13.8. The van der Waals surface area contributed by atoms with Crippen LogP contribution in [0.3, 0.4) is 0 Å². The maximum absolute atomic E-state index is 12.0. The number of para-hydroxylation sites is 2. The highest BCUT2D eigenvalue weighted by Gasteiger charge is 2.13. The van der Waals surface area contributed by atoms with Crippen LogP contribution in [0.5, 0.6) is 5.75 Å². The van der Waals surface area contributed by atoms with Crippen molar-refractivity contribution in [3.63, 3.8) is 0 Å². The first kappa shape index (κ1) is 16.1. The monoisotopic (exact) mass is 342 g/mol. The van der Waals surface area contributed by atoms with Gasteiger partial charge in [0.1, 0.15) is 11.3 Å². The normalized spacial score (nSPS) is 10.5. The molecule has 3 rings (SSSR count). The lowest BCUT2D eigenvalue weighted by Crippen LogP contribution is -2.31. The molecule has 0 spiro atoms. The van der Waals surface area contributed by atoms with Crippen LogP contribution in [0.15, 0.2) is 58.2 Å². The molecule has 122 valence electrons. The number of imide groups is 1. The third-order valence-electron chi connectivity index (χ3n) is 3.21. The number of nitrogens with zero attached hydrogens (tertiary/aromatic N) is 1. The van der Waals surface area contributed by atoms with Crippen molar-refractivity contribution < 1.29 is 18.7 Å². The van der Waals surface area contributed by atoms with Crippen molar-refractivity contribution in [3.05, 3.63) is 54.1 Å². The van der Waals surface area contributed by atoms with Crippen molar-refractivity contribution in [2.75, 3.05) is 12.9 Å². The van der Waals surface area contributed by atoms with E-state index in [4.69, 9.17) is 9.15 Å². The number of nitrogens with one attached hydrogen (secondary N) is 1. The summed E-state index contributed by atoms with van der Waals surface area (Å²) in [7, 11) is 1.54. The van der Waals surface area contributed by atoms with Crippen LogP contribution in [0.2, 0.25) is 0 Å². The van der Waals surface area contributed by atoms with Crippen LogP contribution >= 0.6 is 11.8 Å². The summed E-state index contributed by atoms with van der Waals surface area (Å²) in [5, 5.41) is 2.72. The molecule has 24 heavy (non-hydrogen) atoms. The van der Waals surface area contributed by atoms with Gasteiger partial charge in [0.15, 0.2) is 5.58 Å². The van der Waals surface area contributed by atoms with Crippen LogP contribution in [-0.2, 0) is 4.79 Å². The zero-order chi connectivity index (χ0) is 16.9. The summed E-state index contributed by atoms with van der Waals surface area (Å²) in [4.78, 5) is 28.1. The molecule has 1 aromatic heterocycles. The number of oxazole rings is 1. The Morgan fingerprint density at radius 1 is 1.17 bits per heavy atom. The van der Waals surface area contributed by atoms with E-state index in [0.29, 0.717) is 22.1 Å². The van der Waals surface area contributed by atoms with Crippen LogP contribution in [0.4, 0.5) is 0 Å². The minimum absolute atomic E-state index is 0.0364. The molecule has 0 unspecified atom stereocenters. The average molecular weight is 342 g/mol. The molecule has 1 N–H and O–H groups in total. The molecule has 0 bridgehead atoms. The smallest absolute Gasteiger partial charge is 0.257 e. The number of ether oxygens (including phenoxy) is 1. The Bertz CT molecular complexity index is 841. The number of carbonyl (C=O) groups is 2. The lowest BCUT2D eigenvalue weighted by Gasteiger charge is -2.04. The molecule has 0 atom stereocenters. The molecule has 0 saturated carbocycles. The van der Waals surface area contributed by atoms with Gasteiger partial charge in [-0.25, -0.2) is 4.98 Å². The molecule has 1 heterocycles. The third-order valence-corrected chi connectivity index (χ3v) is 4.03. The zero-order valence-corrected chi connectivity index (χ0v) is 13.6. The van der Waals surface area contributed by atoms with Gasteiger partial charge in [0.2, 0.25) is 5.91 Å². The fourth-order valence-corrected chi connectivity index (χ4v) is 2.66.